The van der Waals surface area contributed by atoms with Crippen molar-refractivity contribution in [3.8, 4) is 11.8 Å². The van der Waals surface area contributed by atoms with Gasteiger partial charge in [0.2, 0.25) is 11.8 Å². The molecule has 4 rings (SSSR count). The minimum Gasteiger partial charge on any atom is -0.494 e. The number of carbonyl (C=O) groups is 2. The number of aromatic nitrogens is 2. The zero-order valence-corrected chi connectivity index (χ0v) is 20.9. The number of nitrogens with zero attached hydrogens (tertiary/aromatic N) is 4. The van der Waals surface area contributed by atoms with Crippen molar-refractivity contribution < 1.29 is 14.3 Å². The van der Waals surface area contributed by atoms with E-state index in [0.29, 0.717) is 55.9 Å². The summed E-state index contributed by atoms with van der Waals surface area (Å²) < 4.78 is 7.56. The van der Waals surface area contributed by atoms with E-state index in [0.717, 1.165) is 27.6 Å². The lowest BCUT2D eigenvalue weighted by Gasteiger charge is -2.27. The highest BCUT2D eigenvalue weighted by atomic mass is 32.1. The Kier molecular flexibility index (Phi) is 7.83. The predicted molar refractivity (Wildman–Crippen MR) is 134 cm³/mol. The van der Waals surface area contributed by atoms with E-state index >= 15 is 0 Å². The van der Waals surface area contributed by atoms with E-state index in [1.165, 1.54) is 11.3 Å². The number of nitriles is 1. The van der Waals surface area contributed by atoms with Crippen LogP contribution in [0.15, 0.2) is 36.7 Å². The molecule has 0 fully saturated rings. The molecule has 0 atom stereocenters. The zero-order chi connectivity index (χ0) is 24.8. The van der Waals surface area contributed by atoms with E-state index in [2.05, 4.69) is 16.4 Å². The first-order chi connectivity index (χ1) is 17.0. The van der Waals surface area contributed by atoms with Gasteiger partial charge in [-0.25, -0.2) is 4.98 Å². The number of carbonyl (C=O) groups excluding carboxylic acids is 2. The quantitative estimate of drug-likeness (QED) is 0.490. The van der Waals surface area contributed by atoms with Crippen LogP contribution in [-0.4, -0.2) is 39.4 Å². The molecule has 1 N–H and O–H groups in total. The van der Waals surface area contributed by atoms with Gasteiger partial charge in [-0.3, -0.25) is 9.59 Å². The van der Waals surface area contributed by atoms with Crippen molar-refractivity contribution in [1.82, 2.24) is 14.5 Å². The summed E-state index contributed by atoms with van der Waals surface area (Å²) >= 11 is 1.40. The van der Waals surface area contributed by atoms with Crippen LogP contribution in [0.25, 0.3) is 0 Å². The maximum atomic E-state index is 12.8. The Morgan fingerprint density at radius 3 is 2.83 bits per heavy atom. The highest BCUT2D eigenvalue weighted by Gasteiger charge is 2.27. The third-order valence-corrected chi connectivity index (χ3v) is 7.28. The maximum absolute atomic E-state index is 12.8. The third-order valence-electron chi connectivity index (χ3n) is 6.15. The number of nitrogens with one attached hydrogen (secondary N) is 1. The Morgan fingerprint density at radius 2 is 2.09 bits per heavy atom. The number of imidazole rings is 1. The number of ether oxygens (including phenoxy) is 1. The van der Waals surface area contributed by atoms with Gasteiger partial charge in [0.15, 0.2) is 0 Å². The maximum Gasteiger partial charge on any atom is 0.225 e. The smallest absolute Gasteiger partial charge is 0.225 e. The van der Waals surface area contributed by atoms with Gasteiger partial charge in [0.25, 0.3) is 0 Å². The summed E-state index contributed by atoms with van der Waals surface area (Å²) in [7, 11) is 1.92. The van der Waals surface area contributed by atoms with Crippen LogP contribution in [0, 0.1) is 11.3 Å². The second-order valence-electron chi connectivity index (χ2n) is 8.43. The molecule has 2 aromatic heterocycles. The summed E-state index contributed by atoms with van der Waals surface area (Å²) in [5.74, 6) is 1.60. The van der Waals surface area contributed by atoms with Crippen LogP contribution < -0.4 is 10.1 Å². The highest BCUT2D eigenvalue weighted by Crippen LogP contribution is 2.37. The molecule has 9 heteroatoms. The van der Waals surface area contributed by atoms with Gasteiger partial charge < -0.3 is 19.5 Å². The predicted octanol–water partition coefficient (Wildman–Crippen LogP) is 3.84. The Morgan fingerprint density at radius 1 is 1.26 bits per heavy atom. The topological polar surface area (TPSA) is 100 Å². The molecule has 2 amide bonds. The number of hydrogen-bond acceptors (Lipinski definition) is 6. The zero-order valence-electron chi connectivity index (χ0n) is 20.0. The van der Waals surface area contributed by atoms with Crippen LogP contribution in [0.2, 0.25) is 0 Å². The summed E-state index contributed by atoms with van der Waals surface area (Å²) in [5.41, 5.74) is 2.45. The van der Waals surface area contributed by atoms with E-state index in [-0.39, 0.29) is 18.2 Å². The highest BCUT2D eigenvalue weighted by molar-refractivity contribution is 7.16. The van der Waals surface area contributed by atoms with Crippen LogP contribution in [0.1, 0.15) is 47.2 Å². The summed E-state index contributed by atoms with van der Waals surface area (Å²) in [6, 6.07) is 9.97. The Bertz CT molecular complexity index is 1260. The molecule has 0 aliphatic carbocycles. The van der Waals surface area contributed by atoms with E-state index in [9.17, 15) is 14.9 Å². The molecule has 1 aliphatic rings. The number of para-hydroxylation sites is 1. The van der Waals surface area contributed by atoms with Gasteiger partial charge in [-0.15, -0.1) is 11.3 Å². The third kappa shape index (κ3) is 5.72. The molecule has 0 spiro atoms. The molecule has 0 unspecified atom stereocenters. The van der Waals surface area contributed by atoms with Crippen molar-refractivity contribution in [2.75, 3.05) is 18.5 Å². The molecule has 35 heavy (non-hydrogen) atoms. The minimum atomic E-state index is -0.144. The Hall–Kier alpha value is -3.64. The molecule has 0 bridgehead atoms. The van der Waals surface area contributed by atoms with Gasteiger partial charge in [0, 0.05) is 50.1 Å². The normalized spacial score (nSPS) is 12.7. The van der Waals surface area contributed by atoms with Crippen LogP contribution in [0.3, 0.4) is 0 Å². The average Bonchev–Trinajstić information content (AvgIpc) is 3.43. The molecule has 1 aliphatic heterocycles. The number of aryl methyl sites for hydroxylation is 3. The number of hydrogen-bond donors (Lipinski definition) is 1. The number of fused-ring (bicyclic) bond motifs is 1. The number of rotatable bonds is 9. The second kappa shape index (κ2) is 11.2. The summed E-state index contributed by atoms with van der Waals surface area (Å²) in [6.45, 7) is 3.53. The summed E-state index contributed by atoms with van der Waals surface area (Å²) in [6.07, 6.45) is 6.03. The molecule has 3 aromatic rings. The fraction of sp³-hybridized carbons (Fsp3) is 0.385. The van der Waals surface area contributed by atoms with E-state index in [4.69, 9.17) is 4.74 Å². The number of anilines is 1. The molecule has 0 saturated heterocycles. The Balaban J connectivity index is 1.37. The number of amides is 2. The lowest BCUT2D eigenvalue weighted by Crippen LogP contribution is -2.35. The molecule has 182 valence electrons. The first kappa shape index (κ1) is 24.5. The average molecular weight is 492 g/mol. The van der Waals surface area contributed by atoms with Crippen molar-refractivity contribution in [3.63, 3.8) is 0 Å². The van der Waals surface area contributed by atoms with Crippen molar-refractivity contribution in [3.05, 3.63) is 64.1 Å². The molecule has 0 saturated carbocycles. The van der Waals surface area contributed by atoms with Crippen LogP contribution in [0.5, 0.6) is 5.75 Å². The van der Waals surface area contributed by atoms with Crippen molar-refractivity contribution in [1.29, 1.82) is 5.26 Å². The molecule has 8 nitrogen and oxygen atoms in total. The molecule has 1 aromatic carbocycles. The van der Waals surface area contributed by atoms with E-state index in [1.807, 2.05) is 53.9 Å². The summed E-state index contributed by atoms with van der Waals surface area (Å²) in [5, 5.41) is 13.3. The van der Waals surface area contributed by atoms with Gasteiger partial charge in [-0.05, 0) is 37.0 Å². The lowest BCUT2D eigenvalue weighted by molar-refractivity contribution is -0.132. The summed E-state index contributed by atoms with van der Waals surface area (Å²) in [4.78, 5) is 32.6. The van der Waals surface area contributed by atoms with Crippen molar-refractivity contribution >= 4 is 28.2 Å². The number of thiophene rings is 1. The minimum absolute atomic E-state index is 0.0732. The first-order valence-electron chi connectivity index (χ1n) is 11.8. The Labute approximate surface area is 209 Å². The fourth-order valence-electron chi connectivity index (χ4n) is 4.28. The van der Waals surface area contributed by atoms with Gasteiger partial charge in [0.05, 0.1) is 18.7 Å². The largest absolute Gasteiger partial charge is 0.494 e. The van der Waals surface area contributed by atoms with Crippen LogP contribution in [-0.2, 0) is 42.4 Å². The number of benzene rings is 1. The fourth-order valence-corrected chi connectivity index (χ4v) is 5.51. The van der Waals surface area contributed by atoms with Crippen LogP contribution >= 0.6 is 11.3 Å². The van der Waals surface area contributed by atoms with Gasteiger partial charge >= 0.3 is 0 Å². The van der Waals surface area contributed by atoms with Gasteiger partial charge in [0.1, 0.15) is 22.6 Å². The lowest BCUT2D eigenvalue weighted by atomic mass is 10.0. The molecule has 3 heterocycles. The van der Waals surface area contributed by atoms with Crippen molar-refractivity contribution in [2.24, 2.45) is 7.05 Å². The van der Waals surface area contributed by atoms with E-state index < -0.39 is 0 Å². The standard InChI is InChI=1S/C26H29N5O3S/c1-3-34-21-7-5-4-6-18(21)8-10-24(32)29-26-20(16-27)19-12-14-31(17-22(19)35-26)25(33)11-9-23-28-13-15-30(23)2/h4-7,13,15H,3,8-12,14,17H2,1-2H3,(H,29,32). The van der Waals surface area contributed by atoms with Crippen molar-refractivity contribution in [2.45, 2.75) is 45.6 Å². The molecular formula is C26H29N5O3S. The van der Waals surface area contributed by atoms with Crippen LogP contribution in [0.4, 0.5) is 5.00 Å². The SMILES string of the molecule is CCOc1ccccc1CCC(=O)Nc1sc2c(c1C#N)CCN(C(=O)CCc1nccn1C)C2. The van der Waals surface area contributed by atoms with Gasteiger partial charge in [-0.2, -0.15) is 5.26 Å². The second-order valence-corrected chi connectivity index (χ2v) is 9.53. The molecule has 0 radical (unpaired) electrons. The monoisotopic (exact) mass is 491 g/mol. The van der Waals surface area contributed by atoms with Gasteiger partial charge in [-0.1, -0.05) is 18.2 Å². The molecular weight excluding hydrogens is 462 g/mol. The van der Waals surface area contributed by atoms with E-state index in [1.54, 1.807) is 6.20 Å². The first-order valence-corrected chi connectivity index (χ1v) is 12.6.